The molecule has 0 unspecified atom stereocenters. The smallest absolute Gasteiger partial charge is 0.295 e. The number of amides is 1. The summed E-state index contributed by atoms with van der Waals surface area (Å²) in [6.45, 7) is 3.99. The highest BCUT2D eigenvalue weighted by molar-refractivity contribution is 5.81. The van der Waals surface area contributed by atoms with Gasteiger partial charge in [-0.1, -0.05) is 12.1 Å². The van der Waals surface area contributed by atoms with Gasteiger partial charge in [0.15, 0.2) is 0 Å². The minimum atomic E-state index is -0.338. The Bertz CT molecular complexity index is 598. The predicted molar refractivity (Wildman–Crippen MR) is 83.7 cm³/mol. The number of hydrogen-bond donors (Lipinski definition) is 1. The van der Waals surface area contributed by atoms with E-state index in [9.17, 15) is 14.9 Å². The van der Waals surface area contributed by atoms with Crippen LogP contribution in [0.1, 0.15) is 24.8 Å². The molecule has 0 aromatic heterocycles. The average molecular weight is 303 g/mol. The van der Waals surface area contributed by atoms with Crippen LogP contribution in [-0.4, -0.2) is 35.4 Å². The highest BCUT2D eigenvalue weighted by Crippen LogP contribution is 2.33. The Balaban J connectivity index is 1.58. The molecule has 0 radical (unpaired) electrons. The summed E-state index contributed by atoms with van der Waals surface area (Å²) in [4.78, 5) is 24.8. The molecule has 1 saturated carbocycles. The Labute approximate surface area is 129 Å². The van der Waals surface area contributed by atoms with Gasteiger partial charge in [0.05, 0.1) is 4.92 Å². The lowest BCUT2D eigenvalue weighted by Gasteiger charge is -2.17. The van der Waals surface area contributed by atoms with E-state index < -0.39 is 0 Å². The summed E-state index contributed by atoms with van der Waals surface area (Å²) in [6, 6.07) is 5.31. The van der Waals surface area contributed by atoms with E-state index in [4.69, 9.17) is 0 Å². The van der Waals surface area contributed by atoms with Crippen LogP contribution in [0.4, 0.5) is 11.4 Å². The van der Waals surface area contributed by atoms with Gasteiger partial charge in [-0.25, -0.2) is 0 Å². The van der Waals surface area contributed by atoms with Crippen LogP contribution in [0.25, 0.3) is 0 Å². The molecule has 2 fully saturated rings. The van der Waals surface area contributed by atoms with Crippen molar-refractivity contribution >= 4 is 17.3 Å². The second-order valence-electron chi connectivity index (χ2n) is 6.32. The third-order valence-corrected chi connectivity index (χ3v) is 4.53. The molecule has 22 heavy (non-hydrogen) atoms. The Morgan fingerprint density at radius 3 is 2.86 bits per heavy atom. The van der Waals surface area contributed by atoms with Gasteiger partial charge in [-0.05, 0) is 38.2 Å². The molecule has 2 aliphatic rings. The minimum Gasteiger partial charge on any atom is -0.379 e. The number of nitrogens with zero attached hydrogens (tertiary/aromatic N) is 2. The molecule has 1 aromatic carbocycles. The summed E-state index contributed by atoms with van der Waals surface area (Å²) in [7, 11) is 0. The first kappa shape index (κ1) is 14.8. The standard InChI is InChI=1S/C16H21N3O3/c1-11-3-2-4-14(15(11)19(21)22)17-9-12-7-8-18(10-12)16(20)13-5-6-13/h2-4,12-13,17H,5-10H2,1H3/t12-/m0/s1. The van der Waals surface area contributed by atoms with Gasteiger partial charge in [0.2, 0.25) is 5.91 Å². The van der Waals surface area contributed by atoms with Crippen molar-refractivity contribution in [2.24, 2.45) is 11.8 Å². The number of para-hydroxylation sites is 1. The molecule has 1 aromatic rings. The lowest BCUT2D eigenvalue weighted by molar-refractivity contribution is -0.384. The first-order valence-electron chi connectivity index (χ1n) is 7.83. The van der Waals surface area contributed by atoms with Crippen molar-refractivity contribution in [3.05, 3.63) is 33.9 Å². The van der Waals surface area contributed by atoms with Crippen molar-refractivity contribution in [2.45, 2.75) is 26.2 Å². The monoisotopic (exact) mass is 303 g/mol. The van der Waals surface area contributed by atoms with Gasteiger partial charge in [-0.2, -0.15) is 0 Å². The Hall–Kier alpha value is -2.11. The highest BCUT2D eigenvalue weighted by Gasteiger charge is 2.36. The fourth-order valence-electron chi connectivity index (χ4n) is 3.09. The van der Waals surface area contributed by atoms with Crippen molar-refractivity contribution < 1.29 is 9.72 Å². The van der Waals surface area contributed by atoms with Crippen molar-refractivity contribution in [1.29, 1.82) is 0 Å². The fraction of sp³-hybridized carbons (Fsp3) is 0.562. The molecule has 1 N–H and O–H groups in total. The maximum Gasteiger partial charge on any atom is 0.295 e. The summed E-state index contributed by atoms with van der Waals surface area (Å²) in [5.74, 6) is 0.927. The summed E-state index contributed by atoms with van der Waals surface area (Å²) < 4.78 is 0. The predicted octanol–water partition coefficient (Wildman–Crippen LogP) is 2.57. The number of nitrogens with one attached hydrogen (secondary N) is 1. The van der Waals surface area contributed by atoms with Gasteiger partial charge in [-0.3, -0.25) is 14.9 Å². The summed E-state index contributed by atoms with van der Waals surface area (Å²) in [5, 5.41) is 14.4. The lowest BCUT2D eigenvalue weighted by Crippen LogP contribution is -2.30. The molecule has 1 aliphatic heterocycles. The van der Waals surface area contributed by atoms with E-state index in [0.29, 0.717) is 29.6 Å². The van der Waals surface area contributed by atoms with Gasteiger partial charge in [0, 0.05) is 31.1 Å². The molecule has 1 atom stereocenters. The Morgan fingerprint density at radius 1 is 1.41 bits per heavy atom. The minimum absolute atomic E-state index is 0.145. The zero-order valence-corrected chi connectivity index (χ0v) is 12.7. The van der Waals surface area contributed by atoms with Crippen molar-refractivity contribution in [1.82, 2.24) is 4.90 Å². The van der Waals surface area contributed by atoms with Gasteiger partial charge in [0.1, 0.15) is 5.69 Å². The van der Waals surface area contributed by atoms with Gasteiger partial charge < -0.3 is 10.2 Å². The van der Waals surface area contributed by atoms with Crippen LogP contribution in [-0.2, 0) is 4.79 Å². The molecule has 0 spiro atoms. The quantitative estimate of drug-likeness (QED) is 0.670. The maximum absolute atomic E-state index is 12.0. The normalized spacial score (nSPS) is 21.0. The first-order valence-corrected chi connectivity index (χ1v) is 7.83. The third kappa shape index (κ3) is 3.05. The van der Waals surface area contributed by atoms with Crippen molar-refractivity contribution in [2.75, 3.05) is 25.0 Å². The first-order chi connectivity index (χ1) is 10.6. The number of rotatable bonds is 5. The van der Waals surface area contributed by atoms with E-state index in [-0.39, 0.29) is 16.5 Å². The molecule has 1 amide bonds. The topological polar surface area (TPSA) is 75.5 Å². The van der Waals surface area contributed by atoms with Crippen LogP contribution < -0.4 is 5.32 Å². The van der Waals surface area contributed by atoms with Crippen LogP contribution in [0.2, 0.25) is 0 Å². The number of hydrogen-bond acceptors (Lipinski definition) is 4. The van der Waals surface area contributed by atoms with Crippen LogP contribution in [0, 0.1) is 28.9 Å². The van der Waals surface area contributed by atoms with Crippen LogP contribution in [0.3, 0.4) is 0 Å². The molecule has 1 aliphatic carbocycles. The molecule has 118 valence electrons. The molecule has 1 saturated heterocycles. The second kappa shape index (κ2) is 5.94. The van der Waals surface area contributed by atoms with Gasteiger partial charge in [0.25, 0.3) is 5.69 Å². The number of nitro groups is 1. The molecule has 1 heterocycles. The van der Waals surface area contributed by atoms with E-state index in [1.807, 2.05) is 11.0 Å². The van der Waals surface area contributed by atoms with Gasteiger partial charge >= 0.3 is 0 Å². The summed E-state index contributed by atoms with van der Waals surface area (Å²) in [5.41, 5.74) is 1.37. The van der Waals surface area contributed by atoms with E-state index in [0.717, 1.165) is 32.4 Å². The van der Waals surface area contributed by atoms with E-state index in [1.165, 1.54) is 0 Å². The average Bonchev–Trinajstić information content (AvgIpc) is 3.22. The number of aryl methyl sites for hydroxylation is 1. The van der Waals surface area contributed by atoms with E-state index in [2.05, 4.69) is 5.32 Å². The molecule has 6 heteroatoms. The van der Waals surface area contributed by atoms with Gasteiger partial charge in [-0.15, -0.1) is 0 Å². The van der Waals surface area contributed by atoms with E-state index in [1.54, 1.807) is 19.1 Å². The molecular formula is C16H21N3O3. The SMILES string of the molecule is Cc1cccc(NC[C@@H]2CCN(C(=O)C3CC3)C2)c1[N+](=O)[O-]. The number of anilines is 1. The van der Waals surface area contributed by atoms with Crippen molar-refractivity contribution in [3.8, 4) is 0 Å². The lowest BCUT2D eigenvalue weighted by atomic mass is 10.1. The van der Waals surface area contributed by atoms with Crippen molar-refractivity contribution in [3.63, 3.8) is 0 Å². The molecule has 3 rings (SSSR count). The zero-order chi connectivity index (χ0) is 15.7. The Kier molecular flexibility index (Phi) is 4.00. The number of nitro benzene ring substituents is 1. The second-order valence-corrected chi connectivity index (χ2v) is 6.32. The molecular weight excluding hydrogens is 282 g/mol. The molecule has 0 bridgehead atoms. The maximum atomic E-state index is 12.0. The van der Waals surface area contributed by atoms with Crippen LogP contribution >= 0.6 is 0 Å². The zero-order valence-electron chi connectivity index (χ0n) is 12.7. The number of benzene rings is 1. The van der Waals surface area contributed by atoms with Crippen LogP contribution in [0.5, 0.6) is 0 Å². The molecule has 6 nitrogen and oxygen atoms in total. The number of likely N-dealkylation sites (tertiary alicyclic amines) is 1. The Morgan fingerprint density at radius 2 is 2.18 bits per heavy atom. The number of carbonyl (C=O) groups is 1. The van der Waals surface area contributed by atoms with E-state index >= 15 is 0 Å². The summed E-state index contributed by atoms with van der Waals surface area (Å²) in [6.07, 6.45) is 3.03. The van der Waals surface area contributed by atoms with Crippen LogP contribution in [0.15, 0.2) is 18.2 Å². The third-order valence-electron chi connectivity index (χ3n) is 4.53. The summed E-state index contributed by atoms with van der Waals surface area (Å²) >= 11 is 0. The number of carbonyl (C=O) groups excluding carboxylic acids is 1. The fourth-order valence-corrected chi connectivity index (χ4v) is 3.09. The largest absolute Gasteiger partial charge is 0.379 e. The highest BCUT2D eigenvalue weighted by atomic mass is 16.6.